The Morgan fingerprint density at radius 1 is 1.14 bits per heavy atom. The van der Waals surface area contributed by atoms with E-state index in [1.165, 1.54) is 6.07 Å². The molecule has 4 rings (SSSR count). The smallest absolute Gasteiger partial charge is 0.325 e. The zero-order valence-corrected chi connectivity index (χ0v) is 15.8. The second-order valence-electron chi connectivity index (χ2n) is 7.06. The molecule has 150 valence electrons. The van der Waals surface area contributed by atoms with Crippen LogP contribution in [0.3, 0.4) is 0 Å². The van der Waals surface area contributed by atoms with E-state index in [1.807, 2.05) is 0 Å². The summed E-state index contributed by atoms with van der Waals surface area (Å²) < 4.78 is 40.7. The van der Waals surface area contributed by atoms with Crippen molar-refractivity contribution >= 4 is 34.0 Å². The van der Waals surface area contributed by atoms with E-state index in [-0.39, 0.29) is 23.6 Å². The van der Waals surface area contributed by atoms with Crippen LogP contribution in [0.15, 0.2) is 53.5 Å². The van der Waals surface area contributed by atoms with Gasteiger partial charge in [0.05, 0.1) is 17.0 Å². The molecule has 0 radical (unpaired) electrons. The van der Waals surface area contributed by atoms with Crippen molar-refractivity contribution in [3.63, 3.8) is 0 Å². The van der Waals surface area contributed by atoms with Gasteiger partial charge in [-0.3, -0.25) is 9.59 Å². The molecule has 0 bridgehead atoms. The van der Waals surface area contributed by atoms with E-state index >= 15 is 0 Å². The lowest BCUT2D eigenvalue weighted by molar-refractivity contribution is -0.137. The number of hydrogen-bond donors (Lipinski definition) is 1. The molecule has 0 atom stereocenters. The summed E-state index contributed by atoms with van der Waals surface area (Å²) in [4.78, 5) is 25.1. The van der Waals surface area contributed by atoms with Gasteiger partial charge in [-0.1, -0.05) is 23.7 Å². The molecule has 0 aliphatic heterocycles. The van der Waals surface area contributed by atoms with Gasteiger partial charge in [0.15, 0.2) is 0 Å². The van der Waals surface area contributed by atoms with Gasteiger partial charge >= 0.3 is 6.18 Å². The van der Waals surface area contributed by atoms with Gasteiger partial charge in [-0.2, -0.15) is 13.2 Å². The zero-order chi connectivity index (χ0) is 20.8. The van der Waals surface area contributed by atoms with E-state index in [1.54, 1.807) is 35.0 Å². The molecule has 1 saturated carbocycles. The summed E-state index contributed by atoms with van der Waals surface area (Å²) in [6.07, 6.45) is -1.19. The molecule has 29 heavy (non-hydrogen) atoms. The fourth-order valence-corrected chi connectivity index (χ4v) is 3.55. The van der Waals surface area contributed by atoms with E-state index < -0.39 is 22.7 Å². The first-order chi connectivity index (χ1) is 13.7. The number of nitrogens with one attached hydrogen (secondary N) is 1. The van der Waals surface area contributed by atoms with Gasteiger partial charge in [0.2, 0.25) is 5.91 Å². The Balaban J connectivity index is 1.58. The standard InChI is InChI=1S/C21H16ClF3N2O2/c22-17-7-4-12(10-16(17)21(23,24)25)11-19(28)26-18-3-1-2-15-14(18)8-9-27(20(15)29)13-5-6-13/h1-4,7-10,13H,5-6,11H2,(H,26,28). The van der Waals surface area contributed by atoms with Crippen LogP contribution in [-0.2, 0) is 17.4 Å². The Morgan fingerprint density at radius 3 is 2.59 bits per heavy atom. The summed E-state index contributed by atoms with van der Waals surface area (Å²) >= 11 is 5.61. The number of carbonyl (C=O) groups is 1. The zero-order valence-electron chi connectivity index (χ0n) is 15.1. The Bertz CT molecular complexity index is 1170. The van der Waals surface area contributed by atoms with Gasteiger partial charge < -0.3 is 9.88 Å². The van der Waals surface area contributed by atoms with Crippen LogP contribution in [0.4, 0.5) is 18.9 Å². The second-order valence-corrected chi connectivity index (χ2v) is 7.47. The molecule has 1 amide bonds. The number of amides is 1. The van der Waals surface area contributed by atoms with Crippen molar-refractivity contribution in [2.75, 3.05) is 5.32 Å². The third-order valence-electron chi connectivity index (χ3n) is 4.89. The van der Waals surface area contributed by atoms with Gasteiger partial charge in [0.25, 0.3) is 5.56 Å². The van der Waals surface area contributed by atoms with E-state index in [9.17, 15) is 22.8 Å². The number of nitrogens with zero attached hydrogens (tertiary/aromatic N) is 1. The summed E-state index contributed by atoms with van der Waals surface area (Å²) in [5, 5.41) is 3.36. The highest BCUT2D eigenvalue weighted by molar-refractivity contribution is 6.31. The fraction of sp³-hybridized carbons (Fsp3) is 0.238. The Morgan fingerprint density at radius 2 is 1.90 bits per heavy atom. The molecule has 3 aromatic rings. The Kier molecular flexibility index (Phi) is 4.86. The van der Waals surface area contributed by atoms with Crippen LogP contribution in [0.1, 0.15) is 30.0 Å². The molecular formula is C21H16ClF3N2O2. The molecule has 8 heteroatoms. The Hall–Kier alpha value is -2.80. The number of hydrogen-bond acceptors (Lipinski definition) is 2. The maximum atomic E-state index is 13.0. The molecule has 1 heterocycles. The van der Waals surface area contributed by atoms with Crippen LogP contribution in [0.5, 0.6) is 0 Å². The number of fused-ring (bicyclic) bond motifs is 1. The summed E-state index contributed by atoms with van der Waals surface area (Å²) in [5.41, 5.74) is -0.461. The van der Waals surface area contributed by atoms with Crippen molar-refractivity contribution in [1.82, 2.24) is 4.57 Å². The molecule has 2 aromatic carbocycles. The van der Waals surface area contributed by atoms with E-state index in [2.05, 4.69) is 5.32 Å². The number of anilines is 1. The molecular weight excluding hydrogens is 405 g/mol. The normalized spacial score (nSPS) is 14.2. The minimum absolute atomic E-state index is 0.117. The monoisotopic (exact) mass is 420 g/mol. The first kappa shape index (κ1) is 19.5. The minimum Gasteiger partial charge on any atom is -0.325 e. The van der Waals surface area contributed by atoms with Crippen molar-refractivity contribution in [1.29, 1.82) is 0 Å². The lowest BCUT2D eigenvalue weighted by Gasteiger charge is -2.12. The molecule has 4 nitrogen and oxygen atoms in total. The van der Waals surface area contributed by atoms with Gasteiger partial charge in [0, 0.05) is 28.7 Å². The summed E-state index contributed by atoms with van der Waals surface area (Å²) in [7, 11) is 0. The van der Waals surface area contributed by atoms with E-state index in [0.717, 1.165) is 25.0 Å². The molecule has 0 saturated heterocycles. The van der Waals surface area contributed by atoms with Crippen LogP contribution in [0.2, 0.25) is 5.02 Å². The van der Waals surface area contributed by atoms with Crippen LogP contribution in [0, 0.1) is 0 Å². The molecule has 0 unspecified atom stereocenters. The van der Waals surface area contributed by atoms with Crippen LogP contribution >= 0.6 is 11.6 Å². The summed E-state index contributed by atoms with van der Waals surface area (Å²) in [6.45, 7) is 0. The fourth-order valence-electron chi connectivity index (χ4n) is 3.32. The molecule has 1 fully saturated rings. The largest absolute Gasteiger partial charge is 0.417 e. The SMILES string of the molecule is O=C(Cc1ccc(Cl)c(C(F)(F)F)c1)Nc1cccc2c(=O)n(C3CC3)ccc12. The average molecular weight is 421 g/mol. The van der Waals surface area contributed by atoms with Crippen molar-refractivity contribution in [3.8, 4) is 0 Å². The number of pyridine rings is 1. The predicted octanol–water partition coefficient (Wildman–Crippen LogP) is 5.19. The number of halogens is 4. The first-order valence-corrected chi connectivity index (χ1v) is 9.41. The number of aromatic nitrogens is 1. The predicted molar refractivity (Wildman–Crippen MR) is 105 cm³/mol. The maximum Gasteiger partial charge on any atom is 0.417 e. The molecule has 1 N–H and O–H groups in total. The number of benzene rings is 2. The van der Waals surface area contributed by atoms with E-state index in [4.69, 9.17) is 11.6 Å². The van der Waals surface area contributed by atoms with Crippen LogP contribution in [-0.4, -0.2) is 10.5 Å². The van der Waals surface area contributed by atoms with Crippen molar-refractivity contribution < 1.29 is 18.0 Å². The molecule has 0 spiro atoms. The summed E-state index contributed by atoms with van der Waals surface area (Å²) in [6, 6.07) is 10.4. The van der Waals surface area contributed by atoms with Crippen molar-refractivity contribution in [3.05, 3.63) is 75.2 Å². The maximum absolute atomic E-state index is 13.0. The number of carbonyl (C=O) groups excluding carboxylic acids is 1. The third kappa shape index (κ3) is 4.00. The van der Waals surface area contributed by atoms with Gasteiger partial charge in [-0.15, -0.1) is 0 Å². The molecule has 1 aliphatic carbocycles. The number of alkyl halides is 3. The van der Waals surface area contributed by atoms with Crippen LogP contribution in [0.25, 0.3) is 10.8 Å². The average Bonchev–Trinajstić information content (AvgIpc) is 3.48. The lowest BCUT2D eigenvalue weighted by Crippen LogP contribution is -2.19. The lowest BCUT2D eigenvalue weighted by atomic mass is 10.1. The Labute approximate surface area is 168 Å². The van der Waals surface area contributed by atoms with Gasteiger partial charge in [-0.05, 0) is 48.7 Å². The second kappa shape index (κ2) is 7.22. The highest BCUT2D eigenvalue weighted by Gasteiger charge is 2.33. The minimum atomic E-state index is -4.60. The highest BCUT2D eigenvalue weighted by Crippen LogP contribution is 2.36. The molecule has 1 aliphatic rings. The van der Waals surface area contributed by atoms with E-state index in [0.29, 0.717) is 16.5 Å². The van der Waals surface area contributed by atoms with Crippen molar-refractivity contribution in [2.45, 2.75) is 31.5 Å². The van der Waals surface area contributed by atoms with Gasteiger partial charge in [0.1, 0.15) is 0 Å². The van der Waals surface area contributed by atoms with Crippen LogP contribution < -0.4 is 10.9 Å². The van der Waals surface area contributed by atoms with Crippen molar-refractivity contribution in [2.24, 2.45) is 0 Å². The van der Waals surface area contributed by atoms with Gasteiger partial charge in [-0.25, -0.2) is 0 Å². The highest BCUT2D eigenvalue weighted by atomic mass is 35.5. The topological polar surface area (TPSA) is 51.1 Å². The number of rotatable bonds is 4. The summed E-state index contributed by atoms with van der Waals surface area (Å²) in [5.74, 6) is -0.487. The first-order valence-electron chi connectivity index (χ1n) is 9.03. The quantitative estimate of drug-likeness (QED) is 0.631. The third-order valence-corrected chi connectivity index (χ3v) is 5.22. The molecule has 1 aromatic heterocycles.